The Hall–Kier alpha value is -0.580. The van der Waals surface area contributed by atoms with Crippen LogP contribution >= 0.6 is 38.9 Å². The Bertz CT molecular complexity index is 470. The third kappa shape index (κ3) is 1.78. The predicted octanol–water partition coefficient (Wildman–Crippen LogP) is 3.81. The Morgan fingerprint density at radius 1 is 1.43 bits per heavy atom. The summed E-state index contributed by atoms with van der Waals surface area (Å²) in [4.78, 5) is 4.20. The summed E-state index contributed by atoms with van der Waals surface area (Å²) in [7, 11) is 0. The van der Waals surface area contributed by atoms with Gasteiger partial charge >= 0.3 is 0 Å². The topological polar surface area (TPSA) is 38.9 Å². The molecule has 2 N–H and O–H groups in total. The van der Waals surface area contributed by atoms with E-state index in [0.29, 0.717) is 10.0 Å². The lowest BCUT2D eigenvalue weighted by Crippen LogP contribution is -1.86. The molecule has 0 aliphatic carbocycles. The van der Waals surface area contributed by atoms with Gasteiger partial charge in [-0.25, -0.2) is 4.98 Å². The van der Waals surface area contributed by atoms with Gasteiger partial charge in [0.15, 0.2) is 0 Å². The van der Waals surface area contributed by atoms with Crippen LogP contribution in [0.2, 0.25) is 5.02 Å². The van der Waals surface area contributed by atoms with E-state index in [1.807, 2.05) is 18.2 Å². The molecule has 0 saturated heterocycles. The van der Waals surface area contributed by atoms with Gasteiger partial charge in [-0.3, -0.25) is 0 Å². The Balaban J connectivity index is 2.58. The van der Waals surface area contributed by atoms with Crippen molar-refractivity contribution in [3.8, 4) is 11.3 Å². The van der Waals surface area contributed by atoms with Crippen LogP contribution in [0.15, 0.2) is 28.2 Å². The number of nitrogen functional groups attached to an aromatic ring is 1. The Morgan fingerprint density at radius 2 is 2.21 bits per heavy atom. The molecule has 0 atom stereocenters. The van der Waals surface area contributed by atoms with Crippen molar-refractivity contribution in [2.45, 2.75) is 0 Å². The third-order valence-electron chi connectivity index (χ3n) is 1.78. The molecule has 14 heavy (non-hydrogen) atoms. The number of nitrogens with two attached hydrogens (primary N) is 1. The highest BCUT2D eigenvalue weighted by molar-refractivity contribution is 9.10. The second-order valence-corrected chi connectivity index (χ2v) is 4.87. The largest absolute Gasteiger partial charge is 0.389 e. The molecule has 2 aromatic rings. The molecule has 72 valence electrons. The summed E-state index contributed by atoms with van der Waals surface area (Å²) in [6.07, 6.45) is 0. The molecule has 0 radical (unpaired) electrons. The summed E-state index contributed by atoms with van der Waals surface area (Å²) in [5.41, 5.74) is 9.28. The van der Waals surface area contributed by atoms with Crippen LogP contribution in [0, 0.1) is 0 Å². The number of rotatable bonds is 1. The zero-order valence-corrected chi connectivity index (χ0v) is 10.2. The fourth-order valence-corrected chi connectivity index (χ4v) is 2.56. The number of benzene rings is 1. The van der Waals surface area contributed by atoms with Crippen molar-refractivity contribution in [2.24, 2.45) is 0 Å². The van der Waals surface area contributed by atoms with Crippen molar-refractivity contribution in [2.75, 3.05) is 5.73 Å². The number of halogens is 2. The first-order chi connectivity index (χ1) is 6.68. The molecule has 0 unspecified atom stereocenters. The van der Waals surface area contributed by atoms with Crippen molar-refractivity contribution in [1.82, 2.24) is 4.98 Å². The fourth-order valence-electron chi connectivity index (χ4n) is 1.14. The number of aromatic nitrogens is 1. The maximum atomic E-state index is 5.84. The first-order valence-corrected chi connectivity index (χ1v) is 5.88. The number of anilines is 1. The molecule has 1 aromatic carbocycles. The van der Waals surface area contributed by atoms with Crippen molar-refractivity contribution >= 4 is 43.9 Å². The van der Waals surface area contributed by atoms with E-state index in [4.69, 9.17) is 17.3 Å². The van der Waals surface area contributed by atoms with E-state index in [0.717, 1.165) is 15.7 Å². The van der Waals surface area contributed by atoms with E-state index in [1.165, 1.54) is 11.3 Å². The maximum absolute atomic E-state index is 5.84. The minimum Gasteiger partial charge on any atom is -0.389 e. The van der Waals surface area contributed by atoms with E-state index in [-0.39, 0.29) is 0 Å². The standard InChI is InChI=1S/C9H6BrClN2S/c10-7-3-5(11)1-2-6(7)8-9(12)14-4-13-8/h1-4H,12H2. The number of nitrogens with zero attached hydrogens (tertiary/aromatic N) is 1. The zero-order valence-electron chi connectivity index (χ0n) is 7.00. The molecule has 1 heterocycles. The Morgan fingerprint density at radius 3 is 2.79 bits per heavy atom. The normalized spacial score (nSPS) is 10.4. The molecule has 0 amide bonds. The lowest BCUT2D eigenvalue weighted by molar-refractivity contribution is 1.40. The van der Waals surface area contributed by atoms with Crippen molar-refractivity contribution in [1.29, 1.82) is 0 Å². The molecule has 0 fully saturated rings. The van der Waals surface area contributed by atoms with Gasteiger partial charge in [-0.05, 0) is 12.1 Å². The van der Waals surface area contributed by atoms with Crippen LogP contribution in [0.5, 0.6) is 0 Å². The average molecular weight is 290 g/mol. The van der Waals surface area contributed by atoms with E-state index < -0.39 is 0 Å². The average Bonchev–Trinajstić information content (AvgIpc) is 2.52. The van der Waals surface area contributed by atoms with Gasteiger partial charge in [0.2, 0.25) is 0 Å². The van der Waals surface area contributed by atoms with Crippen molar-refractivity contribution < 1.29 is 0 Å². The van der Waals surface area contributed by atoms with Crippen molar-refractivity contribution in [3.63, 3.8) is 0 Å². The van der Waals surface area contributed by atoms with Crippen LogP contribution in [-0.2, 0) is 0 Å². The molecule has 0 saturated carbocycles. The fraction of sp³-hybridized carbons (Fsp3) is 0. The smallest absolute Gasteiger partial charge is 0.114 e. The van der Waals surface area contributed by atoms with Gasteiger partial charge in [-0.15, -0.1) is 11.3 Å². The van der Waals surface area contributed by atoms with Gasteiger partial charge in [0.1, 0.15) is 10.7 Å². The van der Waals surface area contributed by atoms with Crippen LogP contribution in [0.3, 0.4) is 0 Å². The summed E-state index contributed by atoms with van der Waals surface area (Å²) < 4.78 is 0.905. The molecule has 0 spiro atoms. The third-order valence-corrected chi connectivity index (χ3v) is 3.33. The summed E-state index contributed by atoms with van der Waals surface area (Å²) in [5.74, 6) is 0. The predicted molar refractivity (Wildman–Crippen MR) is 64.7 cm³/mol. The minimum atomic E-state index is 0.689. The van der Waals surface area contributed by atoms with Gasteiger partial charge in [-0.1, -0.05) is 33.6 Å². The molecular formula is C9H6BrClN2S. The van der Waals surface area contributed by atoms with Gasteiger partial charge in [-0.2, -0.15) is 0 Å². The van der Waals surface area contributed by atoms with Gasteiger partial charge < -0.3 is 5.73 Å². The van der Waals surface area contributed by atoms with Crippen LogP contribution < -0.4 is 5.73 Å². The molecule has 2 nitrogen and oxygen atoms in total. The first kappa shape index (κ1) is 9.96. The van der Waals surface area contributed by atoms with Gasteiger partial charge in [0, 0.05) is 15.1 Å². The van der Waals surface area contributed by atoms with Gasteiger partial charge in [0.25, 0.3) is 0 Å². The maximum Gasteiger partial charge on any atom is 0.114 e. The molecule has 5 heteroatoms. The lowest BCUT2D eigenvalue weighted by atomic mass is 10.2. The van der Waals surface area contributed by atoms with Crippen molar-refractivity contribution in [3.05, 3.63) is 33.2 Å². The van der Waals surface area contributed by atoms with Crippen LogP contribution in [-0.4, -0.2) is 4.98 Å². The molecule has 0 bridgehead atoms. The molecule has 0 aliphatic rings. The number of thiazole rings is 1. The highest BCUT2D eigenvalue weighted by Gasteiger charge is 2.09. The SMILES string of the molecule is Nc1scnc1-c1ccc(Cl)cc1Br. The zero-order chi connectivity index (χ0) is 10.1. The number of hydrogen-bond acceptors (Lipinski definition) is 3. The van der Waals surface area contributed by atoms with Crippen LogP contribution in [0.4, 0.5) is 5.00 Å². The summed E-state index contributed by atoms with van der Waals surface area (Å²) >= 11 is 10.7. The molecule has 0 aliphatic heterocycles. The van der Waals surface area contributed by atoms with E-state index >= 15 is 0 Å². The minimum absolute atomic E-state index is 0.689. The highest BCUT2D eigenvalue weighted by atomic mass is 79.9. The molecule has 1 aromatic heterocycles. The van der Waals surface area contributed by atoms with Crippen LogP contribution in [0.25, 0.3) is 11.3 Å². The van der Waals surface area contributed by atoms with Crippen LogP contribution in [0.1, 0.15) is 0 Å². The summed E-state index contributed by atoms with van der Waals surface area (Å²) in [6.45, 7) is 0. The van der Waals surface area contributed by atoms with E-state index in [1.54, 1.807) is 5.51 Å². The van der Waals surface area contributed by atoms with E-state index in [9.17, 15) is 0 Å². The molecular weight excluding hydrogens is 284 g/mol. The second-order valence-electron chi connectivity index (χ2n) is 2.69. The highest BCUT2D eigenvalue weighted by Crippen LogP contribution is 2.34. The lowest BCUT2D eigenvalue weighted by Gasteiger charge is -2.02. The Kier molecular flexibility index (Phi) is 2.76. The second kappa shape index (κ2) is 3.88. The first-order valence-electron chi connectivity index (χ1n) is 3.83. The summed E-state index contributed by atoms with van der Waals surface area (Å²) in [5, 5.41) is 1.41. The Labute approximate surface area is 98.9 Å². The quantitative estimate of drug-likeness (QED) is 0.867. The molecule has 2 rings (SSSR count). The number of hydrogen-bond donors (Lipinski definition) is 1. The van der Waals surface area contributed by atoms with E-state index in [2.05, 4.69) is 20.9 Å². The van der Waals surface area contributed by atoms with Gasteiger partial charge in [0.05, 0.1) is 5.51 Å². The summed E-state index contributed by atoms with van der Waals surface area (Å²) in [6, 6.07) is 5.55. The monoisotopic (exact) mass is 288 g/mol.